The van der Waals surface area contributed by atoms with Crippen LogP contribution in [0.2, 0.25) is 0 Å². The third kappa shape index (κ3) is 5.40. The van der Waals surface area contributed by atoms with Gasteiger partial charge in [0.2, 0.25) is 10.0 Å². The van der Waals surface area contributed by atoms with Crippen molar-refractivity contribution in [2.45, 2.75) is 45.3 Å². The molecule has 0 bridgehead atoms. The molecule has 1 atom stereocenters. The first-order chi connectivity index (χ1) is 12.4. The average Bonchev–Trinajstić information content (AvgIpc) is 2.89. The Morgan fingerprint density at radius 1 is 1.23 bits per heavy atom. The fourth-order valence-electron chi connectivity index (χ4n) is 3.39. The first-order valence-electron chi connectivity index (χ1n) is 9.18. The number of rotatable bonds is 7. The molecule has 1 aliphatic rings. The number of benzene rings is 1. The van der Waals surface area contributed by atoms with Gasteiger partial charge in [-0.1, -0.05) is 37.3 Å². The van der Waals surface area contributed by atoms with Gasteiger partial charge in [0.15, 0.2) is 0 Å². The van der Waals surface area contributed by atoms with Gasteiger partial charge >= 0.3 is 0 Å². The molecule has 2 aromatic rings. The summed E-state index contributed by atoms with van der Waals surface area (Å²) in [5.41, 5.74) is 3.34. The van der Waals surface area contributed by atoms with Gasteiger partial charge in [-0.3, -0.25) is 9.58 Å². The lowest BCUT2D eigenvalue weighted by Crippen LogP contribution is -2.25. The molecule has 0 fully saturated rings. The van der Waals surface area contributed by atoms with E-state index >= 15 is 0 Å². The Morgan fingerprint density at radius 3 is 2.73 bits per heavy atom. The largest absolute Gasteiger partial charge is 0.297 e. The summed E-state index contributed by atoms with van der Waals surface area (Å²) in [5.74, 6) is 0.541. The van der Waals surface area contributed by atoms with Crippen molar-refractivity contribution >= 4 is 10.0 Å². The molecule has 1 aromatic heterocycles. The van der Waals surface area contributed by atoms with Gasteiger partial charge in [-0.15, -0.1) is 0 Å². The Labute approximate surface area is 156 Å². The fraction of sp³-hybridized carbons (Fsp3) is 0.526. The van der Waals surface area contributed by atoms with Gasteiger partial charge in [0.05, 0.1) is 24.2 Å². The van der Waals surface area contributed by atoms with Gasteiger partial charge in [-0.2, -0.15) is 5.10 Å². The first-order valence-corrected chi connectivity index (χ1v) is 11.1. The van der Waals surface area contributed by atoms with Crippen LogP contribution >= 0.6 is 0 Å². The van der Waals surface area contributed by atoms with Crippen LogP contribution in [0.4, 0.5) is 0 Å². The smallest absolute Gasteiger partial charge is 0.209 e. The van der Waals surface area contributed by atoms with Crippen molar-refractivity contribution in [3.8, 4) is 0 Å². The number of hydrogen-bond acceptors (Lipinski definition) is 4. The van der Waals surface area contributed by atoms with Crippen LogP contribution in [0.25, 0.3) is 0 Å². The summed E-state index contributed by atoms with van der Waals surface area (Å²) < 4.78 is 27.1. The minimum Gasteiger partial charge on any atom is -0.297 e. The Morgan fingerprint density at radius 2 is 2.00 bits per heavy atom. The van der Waals surface area contributed by atoms with E-state index < -0.39 is 10.0 Å². The first kappa shape index (κ1) is 19.1. The zero-order valence-corrected chi connectivity index (χ0v) is 16.4. The normalized spacial score (nSPS) is 16.8. The summed E-state index contributed by atoms with van der Waals surface area (Å²) in [4.78, 5) is 2.48. The number of sulfonamides is 1. The fourth-order valence-corrected chi connectivity index (χ4v) is 3.80. The zero-order chi connectivity index (χ0) is 18.6. The molecule has 0 spiro atoms. The lowest BCUT2D eigenvalue weighted by Gasteiger charge is -2.22. The van der Waals surface area contributed by atoms with Gasteiger partial charge in [0.1, 0.15) is 0 Å². The van der Waals surface area contributed by atoms with E-state index in [1.165, 1.54) is 17.5 Å². The molecule has 7 heteroatoms. The Bertz CT molecular complexity index is 817. The van der Waals surface area contributed by atoms with E-state index in [2.05, 4.69) is 52.0 Å². The highest BCUT2D eigenvalue weighted by molar-refractivity contribution is 7.88. The van der Waals surface area contributed by atoms with E-state index in [9.17, 15) is 8.42 Å². The molecule has 1 aliphatic heterocycles. The molecule has 3 rings (SSSR count). The Kier molecular flexibility index (Phi) is 6.11. The van der Waals surface area contributed by atoms with E-state index in [0.29, 0.717) is 5.92 Å². The van der Waals surface area contributed by atoms with Crippen molar-refractivity contribution in [2.24, 2.45) is 0 Å². The molecule has 1 N–H and O–H groups in total. The molecule has 0 saturated heterocycles. The second-order valence-corrected chi connectivity index (χ2v) is 9.01. The van der Waals surface area contributed by atoms with Gasteiger partial charge in [-0.05, 0) is 36.9 Å². The van der Waals surface area contributed by atoms with Crippen LogP contribution in [0.5, 0.6) is 0 Å². The molecule has 142 valence electrons. The number of nitrogens with zero attached hydrogens (tertiary/aromatic N) is 3. The van der Waals surface area contributed by atoms with E-state index in [-0.39, 0.29) is 6.54 Å². The van der Waals surface area contributed by atoms with Gasteiger partial charge in [0, 0.05) is 19.6 Å². The second-order valence-electron chi connectivity index (χ2n) is 7.17. The monoisotopic (exact) mass is 376 g/mol. The molecular weight excluding hydrogens is 348 g/mol. The quantitative estimate of drug-likeness (QED) is 0.805. The summed E-state index contributed by atoms with van der Waals surface area (Å²) in [6, 6.07) is 12.7. The van der Waals surface area contributed by atoms with Crippen molar-refractivity contribution in [3.05, 3.63) is 53.3 Å². The van der Waals surface area contributed by atoms with E-state index in [0.717, 1.165) is 44.7 Å². The standard InChI is InChI=1S/C19H28N4O2S/c1-16(17-7-4-3-5-8-17)9-12-22-10-6-11-23-19(15-22)13-18(21-23)14-20-26(2,24)25/h3-5,7-8,13,16,20H,6,9-12,14-15H2,1-2H3. The predicted octanol–water partition coefficient (Wildman–Crippen LogP) is 2.33. The van der Waals surface area contributed by atoms with Crippen LogP contribution in [0, 0.1) is 0 Å². The topological polar surface area (TPSA) is 67.2 Å². The molecule has 0 aliphatic carbocycles. The van der Waals surface area contributed by atoms with Crippen LogP contribution in [0.3, 0.4) is 0 Å². The highest BCUT2D eigenvalue weighted by Gasteiger charge is 2.18. The molecule has 1 unspecified atom stereocenters. The van der Waals surface area contributed by atoms with E-state index in [1.54, 1.807) is 0 Å². The van der Waals surface area contributed by atoms with Crippen LogP contribution in [-0.2, 0) is 29.7 Å². The van der Waals surface area contributed by atoms with Crippen molar-refractivity contribution in [3.63, 3.8) is 0 Å². The second kappa shape index (κ2) is 8.33. The molecule has 0 saturated carbocycles. The average molecular weight is 377 g/mol. The Balaban J connectivity index is 1.58. The van der Waals surface area contributed by atoms with E-state index in [4.69, 9.17) is 0 Å². The van der Waals surface area contributed by atoms with Crippen LogP contribution in [0.15, 0.2) is 36.4 Å². The molecule has 0 radical (unpaired) electrons. The van der Waals surface area contributed by atoms with Crippen LogP contribution in [-0.4, -0.2) is 42.4 Å². The van der Waals surface area contributed by atoms with Gasteiger partial charge in [0.25, 0.3) is 0 Å². The summed E-state index contributed by atoms with van der Waals surface area (Å²) in [5, 5.41) is 4.55. The molecule has 0 amide bonds. The summed E-state index contributed by atoms with van der Waals surface area (Å²) >= 11 is 0. The highest BCUT2D eigenvalue weighted by atomic mass is 32.2. The lowest BCUT2D eigenvalue weighted by molar-refractivity contribution is 0.260. The lowest BCUT2D eigenvalue weighted by atomic mass is 9.98. The van der Waals surface area contributed by atoms with Gasteiger partial charge in [-0.25, -0.2) is 13.1 Å². The van der Waals surface area contributed by atoms with Crippen molar-refractivity contribution in [1.29, 1.82) is 0 Å². The number of nitrogens with one attached hydrogen (secondary N) is 1. The number of aryl methyl sites for hydroxylation is 1. The van der Waals surface area contributed by atoms with Crippen molar-refractivity contribution < 1.29 is 8.42 Å². The minimum absolute atomic E-state index is 0.254. The summed E-state index contributed by atoms with van der Waals surface area (Å²) in [7, 11) is -3.20. The predicted molar refractivity (Wildman–Crippen MR) is 103 cm³/mol. The highest BCUT2D eigenvalue weighted by Crippen LogP contribution is 2.21. The van der Waals surface area contributed by atoms with Gasteiger partial charge < -0.3 is 0 Å². The number of fused-ring (bicyclic) bond motifs is 1. The maximum absolute atomic E-state index is 11.3. The Hall–Kier alpha value is -1.70. The third-order valence-electron chi connectivity index (χ3n) is 4.91. The maximum atomic E-state index is 11.3. The minimum atomic E-state index is -3.20. The summed E-state index contributed by atoms with van der Waals surface area (Å²) in [6.45, 7) is 6.42. The number of aromatic nitrogens is 2. The SMILES string of the molecule is CC(CCN1CCCn2nc(CNS(C)(=O)=O)cc2C1)c1ccccc1. The molecule has 1 aromatic carbocycles. The van der Waals surface area contributed by atoms with Crippen molar-refractivity contribution in [2.75, 3.05) is 19.3 Å². The third-order valence-corrected chi connectivity index (χ3v) is 5.57. The van der Waals surface area contributed by atoms with E-state index in [1.807, 2.05) is 10.7 Å². The maximum Gasteiger partial charge on any atom is 0.209 e. The van der Waals surface area contributed by atoms with Crippen LogP contribution in [0.1, 0.15) is 42.6 Å². The molecule has 26 heavy (non-hydrogen) atoms. The van der Waals surface area contributed by atoms with Crippen molar-refractivity contribution in [1.82, 2.24) is 19.4 Å². The molecule has 2 heterocycles. The number of hydrogen-bond donors (Lipinski definition) is 1. The zero-order valence-electron chi connectivity index (χ0n) is 15.6. The molecule has 6 nitrogen and oxygen atoms in total. The van der Waals surface area contributed by atoms with Crippen LogP contribution < -0.4 is 4.72 Å². The summed E-state index contributed by atoms with van der Waals surface area (Å²) in [6.07, 6.45) is 3.36. The molecular formula is C19H28N4O2S.